The van der Waals surface area contributed by atoms with Crippen LogP contribution in [-0.4, -0.2) is 34.2 Å². The van der Waals surface area contributed by atoms with Gasteiger partial charge in [-0.3, -0.25) is 4.90 Å². The van der Waals surface area contributed by atoms with Gasteiger partial charge in [-0.05, 0) is 32.5 Å². The third-order valence-corrected chi connectivity index (χ3v) is 1.77. The predicted molar refractivity (Wildman–Crippen MR) is 53.4 cm³/mol. The van der Waals surface area contributed by atoms with Crippen molar-refractivity contribution < 1.29 is 5.11 Å². The standard InChI is InChI=1S/C10H18N2O/c1-10(2,13)8-12(3)7-9-4-5-11-6-9/h4-6,11,13H,7-8H2,1-3H3. The third kappa shape index (κ3) is 4.10. The summed E-state index contributed by atoms with van der Waals surface area (Å²) in [6.45, 7) is 5.19. The smallest absolute Gasteiger partial charge is 0.0718 e. The van der Waals surface area contributed by atoms with E-state index in [2.05, 4.69) is 9.88 Å². The van der Waals surface area contributed by atoms with Gasteiger partial charge in [0, 0.05) is 25.5 Å². The van der Waals surface area contributed by atoms with Crippen LogP contribution >= 0.6 is 0 Å². The van der Waals surface area contributed by atoms with Crippen LogP contribution in [0, 0.1) is 0 Å². The van der Waals surface area contributed by atoms with Crippen LogP contribution in [-0.2, 0) is 6.54 Å². The molecule has 1 aromatic rings. The van der Waals surface area contributed by atoms with Crippen LogP contribution in [0.5, 0.6) is 0 Å². The van der Waals surface area contributed by atoms with Crippen molar-refractivity contribution in [3.05, 3.63) is 24.0 Å². The molecule has 0 spiro atoms. The lowest BCUT2D eigenvalue weighted by Crippen LogP contribution is -2.35. The summed E-state index contributed by atoms with van der Waals surface area (Å²) in [5.41, 5.74) is 0.622. The van der Waals surface area contributed by atoms with E-state index < -0.39 is 5.60 Å². The minimum atomic E-state index is -0.620. The highest BCUT2D eigenvalue weighted by Gasteiger charge is 2.15. The van der Waals surface area contributed by atoms with Crippen LogP contribution in [0.25, 0.3) is 0 Å². The number of H-pyrrole nitrogens is 1. The van der Waals surface area contributed by atoms with E-state index >= 15 is 0 Å². The summed E-state index contributed by atoms with van der Waals surface area (Å²) in [6.07, 6.45) is 3.88. The van der Waals surface area contributed by atoms with Gasteiger partial charge in [-0.1, -0.05) is 0 Å². The van der Waals surface area contributed by atoms with Crippen molar-refractivity contribution in [3.63, 3.8) is 0 Å². The van der Waals surface area contributed by atoms with Crippen LogP contribution < -0.4 is 0 Å². The molecule has 0 fully saturated rings. The number of aromatic amines is 1. The number of hydrogen-bond acceptors (Lipinski definition) is 2. The molecule has 0 bridgehead atoms. The van der Waals surface area contributed by atoms with E-state index in [1.165, 1.54) is 5.56 Å². The minimum Gasteiger partial charge on any atom is -0.389 e. The largest absolute Gasteiger partial charge is 0.389 e. The zero-order chi connectivity index (χ0) is 9.90. The van der Waals surface area contributed by atoms with Gasteiger partial charge in [0.05, 0.1) is 5.60 Å². The number of nitrogens with zero attached hydrogens (tertiary/aromatic N) is 1. The van der Waals surface area contributed by atoms with Gasteiger partial charge < -0.3 is 10.1 Å². The Hall–Kier alpha value is -0.800. The van der Waals surface area contributed by atoms with Crippen molar-refractivity contribution in [2.24, 2.45) is 0 Å². The maximum Gasteiger partial charge on any atom is 0.0718 e. The lowest BCUT2D eigenvalue weighted by atomic mass is 10.1. The van der Waals surface area contributed by atoms with Gasteiger partial charge in [0.2, 0.25) is 0 Å². The number of aliphatic hydroxyl groups is 1. The molecule has 3 nitrogen and oxygen atoms in total. The molecule has 13 heavy (non-hydrogen) atoms. The van der Waals surface area contributed by atoms with Gasteiger partial charge in [-0.25, -0.2) is 0 Å². The van der Waals surface area contributed by atoms with E-state index in [1.807, 2.05) is 39.4 Å². The highest BCUT2D eigenvalue weighted by atomic mass is 16.3. The van der Waals surface area contributed by atoms with Crippen LogP contribution in [0.1, 0.15) is 19.4 Å². The average Bonchev–Trinajstić information content (AvgIpc) is 2.34. The summed E-state index contributed by atoms with van der Waals surface area (Å²) in [7, 11) is 2.00. The Balaban J connectivity index is 2.38. The molecule has 0 atom stereocenters. The fourth-order valence-corrected chi connectivity index (χ4v) is 1.48. The molecule has 0 aliphatic carbocycles. The van der Waals surface area contributed by atoms with Crippen molar-refractivity contribution in [3.8, 4) is 0 Å². The van der Waals surface area contributed by atoms with E-state index in [1.54, 1.807) is 0 Å². The zero-order valence-corrected chi connectivity index (χ0v) is 8.54. The van der Waals surface area contributed by atoms with Gasteiger partial charge in [-0.2, -0.15) is 0 Å². The molecule has 2 N–H and O–H groups in total. The van der Waals surface area contributed by atoms with Gasteiger partial charge in [0.15, 0.2) is 0 Å². The summed E-state index contributed by atoms with van der Waals surface area (Å²) in [6, 6.07) is 2.04. The highest BCUT2D eigenvalue weighted by molar-refractivity contribution is 5.07. The Morgan fingerprint density at radius 2 is 2.23 bits per heavy atom. The average molecular weight is 182 g/mol. The molecular weight excluding hydrogens is 164 g/mol. The van der Waals surface area contributed by atoms with Gasteiger partial charge in [0.25, 0.3) is 0 Å². The first-order chi connectivity index (χ1) is 5.97. The number of nitrogens with one attached hydrogen (secondary N) is 1. The lowest BCUT2D eigenvalue weighted by Gasteiger charge is -2.24. The quantitative estimate of drug-likeness (QED) is 0.735. The molecule has 0 saturated carbocycles. The summed E-state index contributed by atoms with van der Waals surface area (Å²) >= 11 is 0. The van der Waals surface area contributed by atoms with Crippen molar-refractivity contribution in [2.45, 2.75) is 26.0 Å². The number of aromatic nitrogens is 1. The van der Waals surface area contributed by atoms with Crippen molar-refractivity contribution in [1.29, 1.82) is 0 Å². The fraction of sp³-hybridized carbons (Fsp3) is 0.600. The third-order valence-electron chi connectivity index (χ3n) is 1.77. The van der Waals surface area contributed by atoms with Gasteiger partial charge in [0.1, 0.15) is 0 Å². The summed E-state index contributed by atoms with van der Waals surface area (Å²) in [5.74, 6) is 0. The summed E-state index contributed by atoms with van der Waals surface area (Å²) in [5, 5.41) is 9.57. The normalized spacial score (nSPS) is 12.4. The monoisotopic (exact) mass is 182 g/mol. The number of rotatable bonds is 4. The second-order valence-corrected chi connectivity index (χ2v) is 4.20. The Kier molecular flexibility index (Phi) is 3.12. The van der Waals surface area contributed by atoms with Crippen LogP contribution in [0.4, 0.5) is 0 Å². The van der Waals surface area contributed by atoms with Gasteiger partial charge >= 0.3 is 0 Å². The van der Waals surface area contributed by atoms with E-state index in [9.17, 15) is 5.11 Å². The molecule has 0 amide bonds. The first kappa shape index (κ1) is 10.3. The molecule has 3 heteroatoms. The Bertz CT molecular complexity index is 236. The maximum atomic E-state index is 9.57. The molecule has 0 aliphatic heterocycles. The predicted octanol–water partition coefficient (Wildman–Crippen LogP) is 1.22. The zero-order valence-electron chi connectivity index (χ0n) is 8.54. The Morgan fingerprint density at radius 1 is 1.54 bits per heavy atom. The molecule has 0 radical (unpaired) electrons. The second kappa shape index (κ2) is 3.94. The van der Waals surface area contributed by atoms with Crippen molar-refractivity contribution in [1.82, 2.24) is 9.88 Å². The van der Waals surface area contributed by atoms with E-state index in [0.717, 1.165) is 6.54 Å². The highest BCUT2D eigenvalue weighted by Crippen LogP contribution is 2.07. The van der Waals surface area contributed by atoms with E-state index in [4.69, 9.17) is 0 Å². The van der Waals surface area contributed by atoms with E-state index in [0.29, 0.717) is 6.54 Å². The summed E-state index contributed by atoms with van der Waals surface area (Å²) in [4.78, 5) is 5.11. The number of hydrogen-bond donors (Lipinski definition) is 2. The second-order valence-electron chi connectivity index (χ2n) is 4.20. The molecule has 1 rings (SSSR count). The van der Waals surface area contributed by atoms with Gasteiger partial charge in [-0.15, -0.1) is 0 Å². The number of likely N-dealkylation sites (N-methyl/N-ethyl adjacent to an activating group) is 1. The molecule has 74 valence electrons. The Morgan fingerprint density at radius 3 is 2.69 bits per heavy atom. The minimum absolute atomic E-state index is 0.620. The van der Waals surface area contributed by atoms with Crippen molar-refractivity contribution in [2.75, 3.05) is 13.6 Å². The van der Waals surface area contributed by atoms with Crippen LogP contribution in [0.15, 0.2) is 18.5 Å². The van der Waals surface area contributed by atoms with Crippen molar-refractivity contribution >= 4 is 0 Å². The molecule has 0 unspecified atom stereocenters. The lowest BCUT2D eigenvalue weighted by molar-refractivity contribution is 0.0425. The fourth-order valence-electron chi connectivity index (χ4n) is 1.48. The molecule has 0 saturated heterocycles. The molecule has 1 heterocycles. The molecule has 0 aliphatic rings. The van der Waals surface area contributed by atoms with E-state index in [-0.39, 0.29) is 0 Å². The first-order valence-electron chi connectivity index (χ1n) is 4.50. The van der Waals surface area contributed by atoms with Crippen LogP contribution in [0.2, 0.25) is 0 Å². The molecular formula is C10H18N2O. The summed E-state index contributed by atoms with van der Waals surface area (Å²) < 4.78 is 0. The molecule has 0 aromatic carbocycles. The molecule has 1 aromatic heterocycles. The topological polar surface area (TPSA) is 39.3 Å². The maximum absolute atomic E-state index is 9.57. The SMILES string of the molecule is CN(Cc1cc[nH]c1)CC(C)(C)O. The first-order valence-corrected chi connectivity index (χ1v) is 4.50. The Labute approximate surface area is 79.4 Å². The van der Waals surface area contributed by atoms with Crippen LogP contribution in [0.3, 0.4) is 0 Å².